The van der Waals surface area contributed by atoms with Crippen LogP contribution in [0.1, 0.15) is 12.8 Å². The molecule has 2 aromatic carbocycles. The Labute approximate surface area is 171 Å². The first kappa shape index (κ1) is 18.7. The monoisotopic (exact) mass is 418 g/mol. The lowest BCUT2D eigenvalue weighted by atomic mass is 10.2. The van der Waals surface area contributed by atoms with Crippen LogP contribution in [0.3, 0.4) is 0 Å². The van der Waals surface area contributed by atoms with Gasteiger partial charge in [0, 0.05) is 16.5 Å². The Hall–Kier alpha value is -1.60. The van der Waals surface area contributed by atoms with Crippen LogP contribution in [0.2, 0.25) is 5.02 Å². The highest BCUT2D eigenvalue weighted by molar-refractivity contribution is 8.00. The van der Waals surface area contributed by atoms with E-state index in [-0.39, 0.29) is 12.0 Å². The summed E-state index contributed by atoms with van der Waals surface area (Å²) in [6.07, 6.45) is 2.10. The van der Waals surface area contributed by atoms with Gasteiger partial charge in [-0.1, -0.05) is 41.1 Å². The fraction of sp³-hybridized carbons (Fsp3) is 0.300. The summed E-state index contributed by atoms with van der Waals surface area (Å²) in [4.78, 5) is 20.6. The minimum Gasteiger partial charge on any atom is -0.376 e. The van der Waals surface area contributed by atoms with Gasteiger partial charge in [0.05, 0.1) is 28.6 Å². The first-order chi connectivity index (χ1) is 13.2. The molecule has 4 rings (SSSR count). The van der Waals surface area contributed by atoms with Crippen LogP contribution >= 0.6 is 34.7 Å². The number of benzene rings is 2. The summed E-state index contributed by atoms with van der Waals surface area (Å²) in [6.45, 7) is 1.31. The van der Waals surface area contributed by atoms with Crippen LogP contribution in [-0.2, 0) is 9.53 Å². The SMILES string of the molecule is O=C(CSc1ccccc1)N(CC1CCCO1)c1nc2ccc(Cl)cc2s1. The highest BCUT2D eigenvalue weighted by Gasteiger charge is 2.26. The fourth-order valence-electron chi connectivity index (χ4n) is 3.02. The largest absolute Gasteiger partial charge is 0.376 e. The van der Waals surface area contributed by atoms with Crippen LogP contribution < -0.4 is 4.90 Å². The highest BCUT2D eigenvalue weighted by atomic mass is 35.5. The molecule has 0 N–H and O–H groups in total. The van der Waals surface area contributed by atoms with E-state index in [1.807, 2.05) is 48.5 Å². The van der Waals surface area contributed by atoms with E-state index in [1.165, 1.54) is 11.3 Å². The molecule has 0 aliphatic carbocycles. The first-order valence-electron chi connectivity index (χ1n) is 8.85. The highest BCUT2D eigenvalue weighted by Crippen LogP contribution is 2.32. The third-order valence-corrected chi connectivity index (χ3v) is 6.66. The Kier molecular flexibility index (Phi) is 5.98. The van der Waals surface area contributed by atoms with Crippen LogP contribution in [-0.4, -0.2) is 35.9 Å². The van der Waals surface area contributed by atoms with E-state index in [9.17, 15) is 4.79 Å². The Bertz CT molecular complexity index is 926. The number of aromatic nitrogens is 1. The average Bonchev–Trinajstić information content (AvgIpc) is 3.34. The minimum atomic E-state index is 0.0458. The van der Waals surface area contributed by atoms with Crippen molar-refractivity contribution >= 4 is 56.0 Å². The van der Waals surface area contributed by atoms with Gasteiger partial charge >= 0.3 is 0 Å². The number of halogens is 1. The Morgan fingerprint density at radius 2 is 2.15 bits per heavy atom. The lowest BCUT2D eigenvalue weighted by molar-refractivity contribution is -0.116. The molecule has 1 unspecified atom stereocenters. The zero-order chi connectivity index (χ0) is 18.6. The molecule has 27 heavy (non-hydrogen) atoms. The smallest absolute Gasteiger partial charge is 0.239 e. The molecule has 140 valence electrons. The standard InChI is InChI=1S/C20H19ClN2O2S2/c21-14-8-9-17-18(11-14)27-20(22-17)23(12-15-5-4-10-25-15)19(24)13-26-16-6-2-1-3-7-16/h1-3,6-9,11,15H,4-5,10,12-13H2. The number of hydrogen-bond acceptors (Lipinski definition) is 5. The lowest BCUT2D eigenvalue weighted by Crippen LogP contribution is -2.38. The summed E-state index contributed by atoms with van der Waals surface area (Å²) in [5.41, 5.74) is 0.861. The van der Waals surface area contributed by atoms with E-state index < -0.39 is 0 Å². The molecule has 1 aliphatic heterocycles. The molecule has 0 radical (unpaired) electrons. The maximum atomic E-state index is 13.0. The van der Waals surface area contributed by atoms with Crippen molar-refractivity contribution in [1.82, 2.24) is 4.98 Å². The van der Waals surface area contributed by atoms with Crippen molar-refractivity contribution in [3.8, 4) is 0 Å². The maximum absolute atomic E-state index is 13.0. The summed E-state index contributed by atoms with van der Waals surface area (Å²) in [6, 6.07) is 15.6. The normalized spacial score (nSPS) is 16.7. The predicted molar refractivity (Wildman–Crippen MR) is 113 cm³/mol. The van der Waals surface area contributed by atoms with Gasteiger partial charge in [-0.2, -0.15) is 0 Å². The number of fused-ring (bicyclic) bond motifs is 1. The number of hydrogen-bond donors (Lipinski definition) is 0. The van der Waals surface area contributed by atoms with E-state index in [4.69, 9.17) is 16.3 Å². The number of thiazole rings is 1. The Morgan fingerprint density at radius 1 is 1.30 bits per heavy atom. The minimum absolute atomic E-state index is 0.0458. The molecular weight excluding hydrogens is 400 g/mol. The Balaban J connectivity index is 1.55. The number of rotatable bonds is 6. The molecule has 3 aromatic rings. The second kappa shape index (κ2) is 8.61. The van der Waals surface area contributed by atoms with E-state index in [0.717, 1.165) is 34.6 Å². The van der Waals surface area contributed by atoms with Crippen molar-refractivity contribution in [2.24, 2.45) is 0 Å². The zero-order valence-corrected chi connectivity index (χ0v) is 17.0. The van der Waals surface area contributed by atoms with Gasteiger partial charge in [0.25, 0.3) is 0 Å². The number of anilines is 1. The van der Waals surface area contributed by atoms with Crippen molar-refractivity contribution in [2.45, 2.75) is 23.8 Å². The van der Waals surface area contributed by atoms with Crippen LogP contribution in [0.15, 0.2) is 53.4 Å². The van der Waals surface area contributed by atoms with Crippen LogP contribution in [0, 0.1) is 0 Å². The van der Waals surface area contributed by atoms with Gasteiger partial charge in [-0.15, -0.1) is 11.8 Å². The number of carbonyl (C=O) groups is 1. The molecule has 0 spiro atoms. The molecular formula is C20H19ClN2O2S2. The van der Waals surface area contributed by atoms with Crippen molar-refractivity contribution in [3.63, 3.8) is 0 Å². The van der Waals surface area contributed by atoms with E-state index in [2.05, 4.69) is 4.98 Å². The molecule has 1 aliphatic rings. The van der Waals surface area contributed by atoms with Crippen LogP contribution in [0.5, 0.6) is 0 Å². The fourth-order valence-corrected chi connectivity index (χ4v) is 5.08. The predicted octanol–water partition coefficient (Wildman–Crippen LogP) is 5.25. The van der Waals surface area contributed by atoms with Gasteiger partial charge in [0.1, 0.15) is 0 Å². The zero-order valence-electron chi connectivity index (χ0n) is 14.6. The Morgan fingerprint density at radius 3 is 2.93 bits per heavy atom. The molecule has 2 heterocycles. The number of amides is 1. The van der Waals surface area contributed by atoms with Crippen LogP contribution in [0.25, 0.3) is 10.2 Å². The molecule has 1 amide bonds. The van der Waals surface area contributed by atoms with Crippen molar-refractivity contribution in [1.29, 1.82) is 0 Å². The summed E-state index contributed by atoms with van der Waals surface area (Å²) in [5, 5.41) is 1.38. The van der Waals surface area contributed by atoms with Gasteiger partial charge in [-0.25, -0.2) is 4.98 Å². The van der Waals surface area contributed by atoms with E-state index in [1.54, 1.807) is 16.7 Å². The summed E-state index contributed by atoms with van der Waals surface area (Å²) in [5.74, 6) is 0.414. The molecule has 4 nitrogen and oxygen atoms in total. The number of ether oxygens (including phenoxy) is 1. The summed E-state index contributed by atoms with van der Waals surface area (Å²) < 4.78 is 6.75. The van der Waals surface area contributed by atoms with Gasteiger partial charge in [-0.05, 0) is 43.2 Å². The van der Waals surface area contributed by atoms with Crippen molar-refractivity contribution < 1.29 is 9.53 Å². The molecule has 0 bridgehead atoms. The van der Waals surface area contributed by atoms with Gasteiger partial charge in [-0.3, -0.25) is 9.69 Å². The quantitative estimate of drug-likeness (QED) is 0.512. The number of carbonyl (C=O) groups excluding carboxylic acids is 1. The van der Waals surface area contributed by atoms with Gasteiger partial charge in [0.15, 0.2) is 5.13 Å². The lowest BCUT2D eigenvalue weighted by Gasteiger charge is -2.23. The number of thioether (sulfide) groups is 1. The average molecular weight is 419 g/mol. The summed E-state index contributed by atoms with van der Waals surface area (Å²) >= 11 is 9.14. The van der Waals surface area contributed by atoms with E-state index in [0.29, 0.717) is 22.5 Å². The first-order valence-corrected chi connectivity index (χ1v) is 11.0. The van der Waals surface area contributed by atoms with Crippen molar-refractivity contribution in [3.05, 3.63) is 53.6 Å². The second-order valence-electron chi connectivity index (χ2n) is 6.35. The maximum Gasteiger partial charge on any atom is 0.239 e. The number of nitrogens with zero attached hydrogens (tertiary/aromatic N) is 2. The molecule has 7 heteroatoms. The molecule has 1 atom stereocenters. The van der Waals surface area contributed by atoms with Gasteiger partial charge < -0.3 is 4.74 Å². The second-order valence-corrected chi connectivity index (χ2v) is 8.84. The van der Waals surface area contributed by atoms with Crippen molar-refractivity contribution in [2.75, 3.05) is 23.8 Å². The topological polar surface area (TPSA) is 42.4 Å². The van der Waals surface area contributed by atoms with Gasteiger partial charge in [0.2, 0.25) is 5.91 Å². The third kappa shape index (κ3) is 4.63. The molecule has 0 saturated carbocycles. The molecule has 1 aromatic heterocycles. The molecule has 1 fully saturated rings. The molecule has 1 saturated heterocycles. The third-order valence-electron chi connectivity index (χ3n) is 4.39. The van der Waals surface area contributed by atoms with Crippen LogP contribution in [0.4, 0.5) is 5.13 Å². The summed E-state index contributed by atoms with van der Waals surface area (Å²) in [7, 11) is 0. The van der Waals surface area contributed by atoms with E-state index >= 15 is 0 Å².